The number of non-ortho nitro benzene ring substituents is 1. The van der Waals surface area contributed by atoms with Gasteiger partial charge in [0.25, 0.3) is 5.69 Å². The number of hydrazone groups is 1. The molecule has 3 rings (SSSR count). The van der Waals surface area contributed by atoms with Gasteiger partial charge in [0.05, 0.1) is 4.92 Å². The van der Waals surface area contributed by atoms with E-state index in [0.717, 1.165) is 0 Å². The molecule has 2 aromatic carbocycles. The summed E-state index contributed by atoms with van der Waals surface area (Å²) in [4.78, 5) is 33.8. The number of benzene rings is 2. The van der Waals surface area contributed by atoms with Crippen molar-refractivity contribution in [3.63, 3.8) is 0 Å². The number of esters is 1. The monoisotopic (exact) mass is 397 g/mol. The topological polar surface area (TPSA) is 111 Å². The molecule has 29 heavy (non-hydrogen) atoms. The van der Waals surface area contributed by atoms with Crippen LogP contribution in [-0.2, 0) is 20.1 Å². The molecule has 0 aromatic heterocycles. The highest BCUT2D eigenvalue weighted by Crippen LogP contribution is 2.40. The van der Waals surface area contributed by atoms with E-state index in [1.54, 1.807) is 24.3 Å². The van der Waals surface area contributed by atoms with Gasteiger partial charge in [-0.1, -0.05) is 6.92 Å². The Hall–Kier alpha value is -3.75. The van der Waals surface area contributed by atoms with E-state index < -0.39 is 16.6 Å². The van der Waals surface area contributed by atoms with Gasteiger partial charge in [-0.05, 0) is 36.4 Å². The molecule has 0 unspecified atom stereocenters. The van der Waals surface area contributed by atoms with Crippen LogP contribution in [-0.4, -0.2) is 27.7 Å². The first kappa shape index (κ1) is 20.0. The van der Waals surface area contributed by atoms with E-state index in [1.165, 1.54) is 43.1 Å². The van der Waals surface area contributed by atoms with Crippen LogP contribution in [0.4, 0.5) is 5.69 Å². The van der Waals surface area contributed by atoms with Crippen molar-refractivity contribution in [2.24, 2.45) is 5.10 Å². The zero-order valence-corrected chi connectivity index (χ0v) is 16.1. The van der Waals surface area contributed by atoms with Gasteiger partial charge in [0, 0.05) is 43.5 Å². The van der Waals surface area contributed by atoms with Crippen molar-refractivity contribution in [1.29, 1.82) is 0 Å². The van der Waals surface area contributed by atoms with Crippen LogP contribution in [0, 0.1) is 10.1 Å². The number of amides is 1. The summed E-state index contributed by atoms with van der Waals surface area (Å²) in [5.74, 6) is -0.209. The molecule has 1 aliphatic rings. The zero-order valence-electron chi connectivity index (χ0n) is 16.1. The number of carbonyl (C=O) groups is 2. The first-order chi connectivity index (χ1) is 13.8. The molecule has 2 aromatic rings. The molecule has 0 aliphatic carbocycles. The van der Waals surface area contributed by atoms with Gasteiger partial charge in [-0.25, -0.2) is 0 Å². The second-order valence-corrected chi connectivity index (χ2v) is 6.40. The number of ether oxygens (including phenoxy) is 2. The lowest BCUT2D eigenvalue weighted by Gasteiger charge is -2.34. The Morgan fingerprint density at radius 2 is 1.76 bits per heavy atom. The number of hydrogen-bond donors (Lipinski definition) is 0. The van der Waals surface area contributed by atoms with Crippen LogP contribution in [0.25, 0.3) is 0 Å². The number of hydrogen-bond acceptors (Lipinski definition) is 7. The third kappa shape index (κ3) is 3.79. The molecule has 0 N–H and O–H groups in total. The van der Waals surface area contributed by atoms with Crippen molar-refractivity contribution < 1.29 is 24.0 Å². The molecule has 0 spiro atoms. The third-order valence-electron chi connectivity index (χ3n) is 4.47. The summed E-state index contributed by atoms with van der Waals surface area (Å²) >= 11 is 0. The third-order valence-corrected chi connectivity index (χ3v) is 4.47. The molecule has 0 fully saturated rings. The van der Waals surface area contributed by atoms with Gasteiger partial charge in [-0.15, -0.1) is 5.10 Å². The van der Waals surface area contributed by atoms with Gasteiger partial charge in [0.2, 0.25) is 17.5 Å². The molecule has 1 aliphatic heterocycles. The summed E-state index contributed by atoms with van der Waals surface area (Å²) in [6.45, 7) is 4.54. The van der Waals surface area contributed by atoms with Crippen LogP contribution in [0.15, 0.2) is 53.6 Å². The smallest absolute Gasteiger partial charge is 0.308 e. The molecule has 1 atom stereocenters. The normalized spacial score (nSPS) is 18.0. The van der Waals surface area contributed by atoms with Gasteiger partial charge in [-0.2, -0.15) is 5.01 Å². The standard InChI is InChI=1S/C20H19N3O6/c1-4-20(16-7-11-18(12-8-16)28-14(3)25)22(13(2)24)21-19(29-20)15-5-9-17(10-6-15)23(26)27/h5-12H,4H2,1-3H3/t20-/m0/s1. The van der Waals surface area contributed by atoms with E-state index in [1.807, 2.05) is 6.92 Å². The van der Waals surface area contributed by atoms with Crippen LogP contribution in [0.3, 0.4) is 0 Å². The number of nitro benzene ring substituents is 1. The van der Waals surface area contributed by atoms with Crippen LogP contribution in [0.2, 0.25) is 0 Å². The largest absolute Gasteiger partial charge is 0.443 e. The maximum atomic E-state index is 12.3. The molecule has 150 valence electrons. The quantitative estimate of drug-likeness (QED) is 0.331. The van der Waals surface area contributed by atoms with E-state index in [0.29, 0.717) is 23.3 Å². The van der Waals surface area contributed by atoms with E-state index >= 15 is 0 Å². The number of rotatable bonds is 5. The fourth-order valence-corrected chi connectivity index (χ4v) is 3.12. The first-order valence-corrected chi connectivity index (χ1v) is 8.89. The summed E-state index contributed by atoms with van der Waals surface area (Å²) in [6, 6.07) is 12.4. The Morgan fingerprint density at radius 1 is 1.14 bits per heavy atom. The van der Waals surface area contributed by atoms with E-state index in [4.69, 9.17) is 9.47 Å². The molecular formula is C20H19N3O6. The van der Waals surface area contributed by atoms with Gasteiger partial charge in [0.15, 0.2) is 0 Å². The predicted octanol–water partition coefficient (Wildman–Crippen LogP) is 3.32. The van der Waals surface area contributed by atoms with Gasteiger partial charge >= 0.3 is 5.97 Å². The van der Waals surface area contributed by atoms with Crippen LogP contribution in [0.1, 0.15) is 38.3 Å². The van der Waals surface area contributed by atoms with Crippen molar-refractivity contribution in [3.8, 4) is 5.75 Å². The number of nitro groups is 1. The van der Waals surface area contributed by atoms with Gasteiger partial charge in [-0.3, -0.25) is 19.7 Å². The van der Waals surface area contributed by atoms with Crippen LogP contribution >= 0.6 is 0 Å². The molecule has 0 saturated carbocycles. The molecule has 9 heteroatoms. The van der Waals surface area contributed by atoms with Crippen molar-refractivity contribution in [1.82, 2.24) is 5.01 Å². The predicted molar refractivity (Wildman–Crippen MR) is 103 cm³/mol. The summed E-state index contributed by atoms with van der Waals surface area (Å²) in [6.07, 6.45) is 0.388. The summed E-state index contributed by atoms with van der Waals surface area (Å²) in [5, 5.41) is 16.4. The highest BCUT2D eigenvalue weighted by Gasteiger charge is 2.47. The Kier molecular flexibility index (Phi) is 5.31. The van der Waals surface area contributed by atoms with Crippen molar-refractivity contribution in [2.45, 2.75) is 32.9 Å². The Bertz CT molecular complexity index is 984. The maximum absolute atomic E-state index is 12.3. The second kappa shape index (κ2) is 7.70. The van der Waals surface area contributed by atoms with Gasteiger partial charge in [0.1, 0.15) is 5.75 Å². The first-order valence-electron chi connectivity index (χ1n) is 8.89. The van der Waals surface area contributed by atoms with Gasteiger partial charge < -0.3 is 9.47 Å². The minimum Gasteiger partial charge on any atom is -0.443 e. The number of carbonyl (C=O) groups excluding carboxylic acids is 2. The maximum Gasteiger partial charge on any atom is 0.308 e. The fourth-order valence-electron chi connectivity index (χ4n) is 3.12. The molecule has 1 heterocycles. The molecule has 0 bridgehead atoms. The lowest BCUT2D eigenvalue weighted by Crippen LogP contribution is -2.43. The summed E-state index contributed by atoms with van der Waals surface area (Å²) in [7, 11) is 0. The summed E-state index contributed by atoms with van der Waals surface area (Å²) in [5.41, 5.74) is -0.0865. The Balaban J connectivity index is 1.97. The second-order valence-electron chi connectivity index (χ2n) is 6.40. The number of nitrogens with zero attached hydrogens (tertiary/aromatic N) is 3. The minimum absolute atomic E-state index is 0.0569. The molecule has 0 radical (unpaired) electrons. The highest BCUT2D eigenvalue weighted by molar-refractivity contribution is 5.97. The lowest BCUT2D eigenvalue weighted by molar-refractivity contribution is -0.384. The van der Waals surface area contributed by atoms with Crippen LogP contribution in [0.5, 0.6) is 5.75 Å². The van der Waals surface area contributed by atoms with Crippen molar-refractivity contribution in [3.05, 3.63) is 69.8 Å². The molecular weight excluding hydrogens is 378 g/mol. The van der Waals surface area contributed by atoms with Crippen LogP contribution < -0.4 is 4.74 Å². The molecule has 9 nitrogen and oxygen atoms in total. The fraction of sp³-hybridized carbons (Fsp3) is 0.250. The van der Waals surface area contributed by atoms with E-state index in [9.17, 15) is 19.7 Å². The SMILES string of the molecule is CC[C@@]1(c2ccc(OC(C)=O)cc2)OC(c2ccc([N+](=O)[O-])cc2)=NN1C(C)=O. The van der Waals surface area contributed by atoms with E-state index in [2.05, 4.69) is 5.10 Å². The minimum atomic E-state index is -1.18. The average Bonchev–Trinajstić information content (AvgIpc) is 3.09. The Labute approximate surface area is 166 Å². The molecule has 1 amide bonds. The van der Waals surface area contributed by atoms with E-state index in [-0.39, 0.29) is 17.5 Å². The zero-order chi connectivity index (χ0) is 21.2. The average molecular weight is 397 g/mol. The lowest BCUT2D eigenvalue weighted by atomic mass is 9.98. The Morgan fingerprint density at radius 3 is 2.24 bits per heavy atom. The van der Waals surface area contributed by atoms with Crippen molar-refractivity contribution >= 4 is 23.5 Å². The molecule has 0 saturated heterocycles. The highest BCUT2D eigenvalue weighted by atomic mass is 16.6. The summed E-state index contributed by atoms with van der Waals surface area (Å²) < 4.78 is 11.2. The van der Waals surface area contributed by atoms with Crippen molar-refractivity contribution in [2.75, 3.05) is 0 Å².